The van der Waals surface area contributed by atoms with E-state index < -0.39 is 17.3 Å². The molecule has 0 aromatic heterocycles. The molecule has 0 spiro atoms. The van der Waals surface area contributed by atoms with Crippen LogP contribution in [0.25, 0.3) is 0 Å². The number of halogens is 1. The summed E-state index contributed by atoms with van der Waals surface area (Å²) in [6.45, 7) is 7.02. The molecule has 1 rings (SSSR count). The van der Waals surface area contributed by atoms with Gasteiger partial charge in [-0.05, 0) is 45.4 Å². The Morgan fingerprint density at radius 3 is 2.26 bits per heavy atom. The summed E-state index contributed by atoms with van der Waals surface area (Å²) in [6.07, 6.45) is -0.554. The van der Waals surface area contributed by atoms with E-state index in [1.54, 1.807) is 52.0 Å². The lowest BCUT2D eigenvalue weighted by atomic mass is 9.96. The van der Waals surface area contributed by atoms with Crippen LogP contribution in [-0.4, -0.2) is 23.3 Å². The largest absolute Gasteiger partial charge is 0.444 e. The first-order valence-corrected chi connectivity index (χ1v) is 6.43. The molecule has 0 bridgehead atoms. The number of hydrogen-bond acceptors (Lipinski definition) is 3. The molecule has 1 aromatic carbocycles. The molecule has 19 heavy (non-hydrogen) atoms. The standard InChI is InChI=1S/C14H20ClNO3/c1-13(2,3)19-12(17)16-9-14(4,18)10-5-7-11(15)8-6-10/h5-8,18H,9H2,1-4H3,(H,16,17). The SMILES string of the molecule is CC(C)(C)OC(=O)NCC(C)(O)c1ccc(Cl)cc1. The molecular weight excluding hydrogens is 266 g/mol. The van der Waals surface area contributed by atoms with Crippen LogP contribution in [0.5, 0.6) is 0 Å². The summed E-state index contributed by atoms with van der Waals surface area (Å²) >= 11 is 5.79. The van der Waals surface area contributed by atoms with Crippen molar-refractivity contribution in [1.82, 2.24) is 5.32 Å². The first-order valence-electron chi connectivity index (χ1n) is 6.05. The van der Waals surface area contributed by atoms with Crippen LogP contribution in [0.2, 0.25) is 5.02 Å². The third-order valence-corrected chi connectivity index (χ3v) is 2.69. The van der Waals surface area contributed by atoms with Gasteiger partial charge in [-0.25, -0.2) is 4.79 Å². The van der Waals surface area contributed by atoms with E-state index in [1.165, 1.54) is 0 Å². The average molecular weight is 286 g/mol. The smallest absolute Gasteiger partial charge is 0.407 e. The highest BCUT2D eigenvalue weighted by Crippen LogP contribution is 2.21. The molecule has 1 unspecified atom stereocenters. The van der Waals surface area contributed by atoms with E-state index in [-0.39, 0.29) is 6.54 Å². The molecule has 0 aliphatic rings. The van der Waals surface area contributed by atoms with Crippen LogP contribution < -0.4 is 5.32 Å². The van der Waals surface area contributed by atoms with Crippen LogP contribution in [0, 0.1) is 0 Å². The van der Waals surface area contributed by atoms with Crippen LogP contribution in [-0.2, 0) is 10.3 Å². The molecule has 1 amide bonds. The second-order valence-corrected chi connectivity index (χ2v) is 6.07. The number of carbonyl (C=O) groups excluding carboxylic acids is 1. The fourth-order valence-electron chi connectivity index (χ4n) is 1.47. The summed E-state index contributed by atoms with van der Waals surface area (Å²) in [7, 11) is 0. The van der Waals surface area contributed by atoms with E-state index in [2.05, 4.69) is 5.32 Å². The summed E-state index contributed by atoms with van der Waals surface area (Å²) < 4.78 is 5.11. The minimum absolute atomic E-state index is 0.0591. The number of alkyl carbamates (subject to hydrolysis) is 1. The van der Waals surface area contributed by atoms with Crippen molar-refractivity contribution < 1.29 is 14.6 Å². The van der Waals surface area contributed by atoms with Crippen molar-refractivity contribution in [3.8, 4) is 0 Å². The van der Waals surface area contributed by atoms with Gasteiger partial charge in [0, 0.05) is 5.02 Å². The average Bonchev–Trinajstić information content (AvgIpc) is 2.25. The molecular formula is C14H20ClNO3. The molecule has 1 atom stereocenters. The van der Waals surface area contributed by atoms with Gasteiger partial charge >= 0.3 is 6.09 Å². The van der Waals surface area contributed by atoms with Gasteiger partial charge in [0.1, 0.15) is 11.2 Å². The van der Waals surface area contributed by atoms with E-state index in [1.807, 2.05) is 0 Å². The molecule has 0 saturated heterocycles. The molecule has 0 aliphatic heterocycles. The molecule has 106 valence electrons. The van der Waals surface area contributed by atoms with Crippen LogP contribution in [0.4, 0.5) is 4.79 Å². The zero-order valence-corrected chi connectivity index (χ0v) is 12.4. The molecule has 1 aromatic rings. The van der Waals surface area contributed by atoms with Crippen LogP contribution in [0.1, 0.15) is 33.3 Å². The van der Waals surface area contributed by atoms with Crippen molar-refractivity contribution >= 4 is 17.7 Å². The van der Waals surface area contributed by atoms with E-state index in [0.29, 0.717) is 10.6 Å². The van der Waals surface area contributed by atoms with Crippen LogP contribution in [0.15, 0.2) is 24.3 Å². The predicted molar refractivity (Wildman–Crippen MR) is 75.3 cm³/mol. The first-order chi connectivity index (χ1) is 8.60. The second-order valence-electron chi connectivity index (χ2n) is 5.64. The van der Waals surface area contributed by atoms with Gasteiger partial charge in [0.2, 0.25) is 0 Å². The molecule has 0 fully saturated rings. The topological polar surface area (TPSA) is 58.6 Å². The molecule has 0 saturated carbocycles. The minimum Gasteiger partial charge on any atom is -0.444 e. The van der Waals surface area contributed by atoms with Gasteiger partial charge in [0.25, 0.3) is 0 Å². The summed E-state index contributed by atoms with van der Waals surface area (Å²) in [4.78, 5) is 11.5. The van der Waals surface area contributed by atoms with Gasteiger partial charge in [0.15, 0.2) is 0 Å². The molecule has 4 nitrogen and oxygen atoms in total. The van der Waals surface area contributed by atoms with Gasteiger partial charge in [-0.1, -0.05) is 23.7 Å². The third kappa shape index (κ3) is 5.49. The zero-order valence-electron chi connectivity index (χ0n) is 11.7. The van der Waals surface area contributed by atoms with Crippen molar-refractivity contribution in [3.05, 3.63) is 34.9 Å². The van der Waals surface area contributed by atoms with Crippen molar-refractivity contribution in [2.24, 2.45) is 0 Å². The van der Waals surface area contributed by atoms with Crippen molar-refractivity contribution in [3.63, 3.8) is 0 Å². The zero-order chi connectivity index (χ0) is 14.7. The number of rotatable bonds is 3. The Balaban J connectivity index is 2.60. The number of ether oxygens (including phenoxy) is 1. The van der Waals surface area contributed by atoms with Crippen molar-refractivity contribution in [2.75, 3.05) is 6.54 Å². The maximum absolute atomic E-state index is 11.5. The third-order valence-electron chi connectivity index (χ3n) is 2.44. The number of hydrogen-bond donors (Lipinski definition) is 2. The van der Waals surface area contributed by atoms with E-state index >= 15 is 0 Å². The Morgan fingerprint density at radius 2 is 1.79 bits per heavy atom. The van der Waals surface area contributed by atoms with Gasteiger partial charge in [-0.2, -0.15) is 0 Å². The Kier molecular flexibility index (Phi) is 4.82. The van der Waals surface area contributed by atoms with Crippen LogP contribution >= 0.6 is 11.6 Å². The Bertz CT molecular complexity index is 435. The van der Waals surface area contributed by atoms with Gasteiger partial charge in [-0.15, -0.1) is 0 Å². The number of benzene rings is 1. The molecule has 2 N–H and O–H groups in total. The van der Waals surface area contributed by atoms with Gasteiger partial charge in [-0.3, -0.25) is 0 Å². The normalized spacial score (nSPS) is 14.6. The Labute approximate surface area is 118 Å². The monoisotopic (exact) mass is 285 g/mol. The maximum Gasteiger partial charge on any atom is 0.407 e. The summed E-state index contributed by atoms with van der Waals surface area (Å²) in [5.41, 5.74) is -1.06. The van der Waals surface area contributed by atoms with Gasteiger partial charge in [0.05, 0.1) is 6.54 Å². The molecule has 0 aliphatic carbocycles. The highest BCUT2D eigenvalue weighted by atomic mass is 35.5. The lowest BCUT2D eigenvalue weighted by Gasteiger charge is -2.26. The summed E-state index contributed by atoms with van der Waals surface area (Å²) in [5, 5.41) is 13.5. The number of nitrogens with one attached hydrogen (secondary N) is 1. The molecule has 0 radical (unpaired) electrons. The van der Waals surface area contributed by atoms with E-state index in [9.17, 15) is 9.90 Å². The van der Waals surface area contributed by atoms with Crippen molar-refractivity contribution in [2.45, 2.75) is 38.9 Å². The fourth-order valence-corrected chi connectivity index (χ4v) is 1.60. The summed E-state index contributed by atoms with van der Waals surface area (Å²) in [6, 6.07) is 6.83. The van der Waals surface area contributed by atoms with Crippen molar-refractivity contribution in [1.29, 1.82) is 0 Å². The summed E-state index contributed by atoms with van der Waals surface area (Å²) in [5.74, 6) is 0. The number of aliphatic hydroxyl groups is 1. The highest BCUT2D eigenvalue weighted by Gasteiger charge is 2.25. The predicted octanol–water partition coefficient (Wildman–Crippen LogP) is 3.07. The lowest BCUT2D eigenvalue weighted by molar-refractivity contribution is 0.0317. The quantitative estimate of drug-likeness (QED) is 0.897. The van der Waals surface area contributed by atoms with Crippen LogP contribution in [0.3, 0.4) is 0 Å². The minimum atomic E-state index is -1.18. The number of carbonyl (C=O) groups is 1. The highest BCUT2D eigenvalue weighted by molar-refractivity contribution is 6.30. The van der Waals surface area contributed by atoms with Gasteiger partial charge < -0.3 is 15.2 Å². The van der Waals surface area contributed by atoms with E-state index in [0.717, 1.165) is 0 Å². The molecule has 0 heterocycles. The second kappa shape index (κ2) is 5.80. The lowest BCUT2D eigenvalue weighted by Crippen LogP contribution is -2.41. The fraction of sp³-hybridized carbons (Fsp3) is 0.500. The Hall–Kier alpha value is -1.26. The molecule has 5 heteroatoms. The Morgan fingerprint density at radius 1 is 1.26 bits per heavy atom. The maximum atomic E-state index is 11.5. The number of amides is 1. The van der Waals surface area contributed by atoms with E-state index in [4.69, 9.17) is 16.3 Å². The first kappa shape index (κ1) is 15.8.